The number of hydrogen-bond donors (Lipinski definition) is 2. The largest absolute Gasteiger partial charge is 0.508 e. The number of hydrogen-bond acceptors (Lipinski definition) is 7. The van der Waals surface area contributed by atoms with Gasteiger partial charge in [0.15, 0.2) is 11.6 Å². The highest BCUT2D eigenvalue weighted by molar-refractivity contribution is 6.02. The summed E-state index contributed by atoms with van der Waals surface area (Å²) in [5, 5.41) is 23.5. The van der Waals surface area contributed by atoms with Crippen LogP contribution in [0, 0.1) is 24.6 Å². The standard InChI is InChI=1S/C32H36FN3O5/c1-21-26(12-6-13-29(21)33)30-27(31(40)22-8-4-10-24(38)16-22)18-36(35(20-37)15-7-14-34(2)3)19-28(30)32(41)23-9-5-11-25(39)17-23/h4-6,8-13,16-17,20,27-28,30,38-39H,7,14-15,18-19H2,1-3H3/t27-,28-/m0/s1. The predicted molar refractivity (Wildman–Crippen MR) is 153 cm³/mol. The van der Waals surface area contributed by atoms with Gasteiger partial charge in [-0.2, -0.15) is 0 Å². The number of hydrazine groups is 1. The topological polar surface area (TPSA) is 101 Å². The third kappa shape index (κ3) is 6.81. The van der Waals surface area contributed by atoms with Crippen molar-refractivity contribution < 1.29 is 29.0 Å². The molecule has 0 aliphatic carbocycles. The summed E-state index contributed by atoms with van der Waals surface area (Å²) in [6, 6.07) is 16.6. The van der Waals surface area contributed by atoms with Crippen molar-refractivity contribution in [2.24, 2.45) is 11.8 Å². The van der Waals surface area contributed by atoms with Gasteiger partial charge in [0, 0.05) is 48.5 Å². The second-order valence-corrected chi connectivity index (χ2v) is 10.8. The van der Waals surface area contributed by atoms with Crippen molar-refractivity contribution in [3.63, 3.8) is 0 Å². The predicted octanol–water partition coefficient (Wildman–Crippen LogP) is 4.27. The van der Waals surface area contributed by atoms with Crippen LogP contribution in [-0.2, 0) is 4.79 Å². The molecule has 41 heavy (non-hydrogen) atoms. The monoisotopic (exact) mass is 561 g/mol. The Balaban J connectivity index is 1.85. The molecule has 1 heterocycles. The zero-order chi connectivity index (χ0) is 29.7. The highest BCUT2D eigenvalue weighted by Crippen LogP contribution is 2.43. The van der Waals surface area contributed by atoms with Gasteiger partial charge in [0.2, 0.25) is 6.41 Å². The number of nitrogens with zero attached hydrogens (tertiary/aromatic N) is 3. The Kier molecular flexibility index (Phi) is 9.52. The van der Waals surface area contributed by atoms with Crippen LogP contribution in [-0.4, -0.2) is 83.4 Å². The third-order valence-corrected chi connectivity index (χ3v) is 7.76. The first-order chi connectivity index (χ1) is 19.6. The number of benzene rings is 3. The molecule has 3 aromatic rings. The molecule has 2 atom stereocenters. The molecule has 216 valence electrons. The van der Waals surface area contributed by atoms with Crippen molar-refractivity contribution >= 4 is 18.0 Å². The normalized spacial score (nSPS) is 17.9. The fraction of sp³-hybridized carbons (Fsp3) is 0.344. The van der Waals surface area contributed by atoms with Gasteiger partial charge < -0.3 is 15.1 Å². The average molecular weight is 562 g/mol. The van der Waals surface area contributed by atoms with Gasteiger partial charge >= 0.3 is 0 Å². The molecule has 1 amide bonds. The Bertz CT molecular complexity index is 1340. The number of rotatable bonds is 11. The number of halogens is 1. The smallest absolute Gasteiger partial charge is 0.224 e. The van der Waals surface area contributed by atoms with Gasteiger partial charge in [0.25, 0.3) is 0 Å². The number of phenolic OH excluding ortho intramolecular Hbond substituents is 2. The van der Waals surface area contributed by atoms with E-state index in [0.717, 1.165) is 6.54 Å². The maximum atomic E-state index is 14.9. The minimum atomic E-state index is -0.853. The number of carbonyl (C=O) groups excluding carboxylic acids is 3. The summed E-state index contributed by atoms with van der Waals surface area (Å²) < 4.78 is 14.9. The molecule has 1 aliphatic heterocycles. The number of piperidine rings is 1. The molecule has 8 nitrogen and oxygen atoms in total. The molecule has 0 bridgehead atoms. The van der Waals surface area contributed by atoms with Crippen LogP contribution in [0.15, 0.2) is 66.7 Å². The van der Waals surface area contributed by atoms with E-state index in [1.165, 1.54) is 35.3 Å². The van der Waals surface area contributed by atoms with Crippen LogP contribution in [0.1, 0.15) is 44.2 Å². The van der Waals surface area contributed by atoms with E-state index >= 15 is 0 Å². The summed E-state index contributed by atoms with van der Waals surface area (Å²) in [5.41, 5.74) is 1.38. The van der Waals surface area contributed by atoms with Gasteiger partial charge in [-0.05, 0) is 75.4 Å². The third-order valence-electron chi connectivity index (χ3n) is 7.76. The Labute approximate surface area is 239 Å². The molecule has 4 rings (SSSR count). The van der Waals surface area contributed by atoms with E-state index in [4.69, 9.17) is 0 Å². The maximum Gasteiger partial charge on any atom is 0.224 e. The van der Waals surface area contributed by atoms with Crippen LogP contribution < -0.4 is 0 Å². The lowest BCUT2D eigenvalue weighted by molar-refractivity contribution is -0.140. The molecular formula is C32H36FN3O5. The molecule has 0 unspecified atom stereocenters. The lowest BCUT2D eigenvalue weighted by Crippen LogP contribution is -2.56. The fourth-order valence-electron chi connectivity index (χ4n) is 5.71. The summed E-state index contributed by atoms with van der Waals surface area (Å²) in [6.07, 6.45) is 1.38. The van der Waals surface area contributed by atoms with Crippen LogP contribution in [0.4, 0.5) is 4.39 Å². The SMILES string of the molecule is Cc1c(F)cccc1C1[C@@H](C(=O)c2cccc(O)c2)CN(N(C=O)CCCN(C)C)C[C@@H]1C(=O)c1cccc(O)c1. The van der Waals surface area contributed by atoms with E-state index in [-0.39, 0.29) is 47.3 Å². The van der Waals surface area contributed by atoms with E-state index in [1.807, 2.05) is 19.0 Å². The molecule has 2 N–H and O–H groups in total. The van der Waals surface area contributed by atoms with E-state index < -0.39 is 23.6 Å². The van der Waals surface area contributed by atoms with Crippen molar-refractivity contribution in [2.45, 2.75) is 19.3 Å². The van der Waals surface area contributed by atoms with Crippen molar-refractivity contribution in [3.05, 3.63) is 94.8 Å². The number of aromatic hydroxyl groups is 2. The Hall–Kier alpha value is -4.08. The van der Waals surface area contributed by atoms with Crippen molar-refractivity contribution in [3.8, 4) is 11.5 Å². The fourth-order valence-corrected chi connectivity index (χ4v) is 5.71. The van der Waals surface area contributed by atoms with Crippen molar-refractivity contribution in [2.75, 3.05) is 40.3 Å². The van der Waals surface area contributed by atoms with Gasteiger partial charge in [-0.15, -0.1) is 0 Å². The first-order valence-electron chi connectivity index (χ1n) is 13.6. The van der Waals surface area contributed by atoms with Crippen molar-refractivity contribution in [1.29, 1.82) is 0 Å². The van der Waals surface area contributed by atoms with Gasteiger partial charge in [0.1, 0.15) is 17.3 Å². The van der Waals surface area contributed by atoms with Crippen LogP contribution in [0.25, 0.3) is 0 Å². The van der Waals surface area contributed by atoms with Gasteiger partial charge in [-0.25, -0.2) is 9.40 Å². The second kappa shape index (κ2) is 13.1. The summed E-state index contributed by atoms with van der Waals surface area (Å²) in [4.78, 5) is 42.6. The molecule has 0 saturated carbocycles. The van der Waals surface area contributed by atoms with Crippen LogP contribution in [0.5, 0.6) is 11.5 Å². The van der Waals surface area contributed by atoms with Gasteiger partial charge in [-0.1, -0.05) is 36.4 Å². The van der Waals surface area contributed by atoms with Crippen LogP contribution in [0.2, 0.25) is 0 Å². The maximum absolute atomic E-state index is 14.9. The van der Waals surface area contributed by atoms with Gasteiger partial charge in [-0.3, -0.25) is 19.4 Å². The molecule has 1 saturated heterocycles. The summed E-state index contributed by atoms with van der Waals surface area (Å²) in [6.45, 7) is 2.97. The minimum Gasteiger partial charge on any atom is -0.508 e. The van der Waals surface area contributed by atoms with E-state index in [9.17, 15) is 29.0 Å². The number of amides is 1. The molecule has 3 aromatic carbocycles. The number of ketones is 2. The Morgan fingerprint density at radius 1 is 0.902 bits per heavy atom. The van der Waals surface area contributed by atoms with Gasteiger partial charge in [0.05, 0.1) is 0 Å². The lowest BCUT2D eigenvalue weighted by Gasteiger charge is -2.46. The number of Topliss-reactive ketones (excluding diaryl/α,β-unsaturated/α-hetero) is 2. The molecule has 0 radical (unpaired) electrons. The molecule has 0 spiro atoms. The average Bonchev–Trinajstić information content (AvgIpc) is 2.95. The van der Waals surface area contributed by atoms with Crippen LogP contribution in [0.3, 0.4) is 0 Å². The molecule has 1 fully saturated rings. The Morgan fingerprint density at radius 2 is 1.44 bits per heavy atom. The lowest BCUT2D eigenvalue weighted by atomic mass is 9.68. The number of carbonyl (C=O) groups is 3. The molecule has 1 aliphatic rings. The van der Waals surface area contributed by atoms with Crippen LogP contribution >= 0.6 is 0 Å². The zero-order valence-electron chi connectivity index (χ0n) is 23.5. The molecule has 0 aromatic heterocycles. The van der Waals surface area contributed by atoms with E-state index in [0.29, 0.717) is 30.5 Å². The summed E-state index contributed by atoms with van der Waals surface area (Å²) in [5.74, 6) is -3.70. The summed E-state index contributed by atoms with van der Waals surface area (Å²) in [7, 11) is 3.87. The molecule has 9 heteroatoms. The quantitative estimate of drug-likeness (QED) is 0.266. The summed E-state index contributed by atoms with van der Waals surface area (Å²) >= 11 is 0. The first-order valence-corrected chi connectivity index (χ1v) is 13.6. The van der Waals surface area contributed by atoms with E-state index in [2.05, 4.69) is 0 Å². The van der Waals surface area contributed by atoms with E-state index in [1.54, 1.807) is 48.3 Å². The zero-order valence-corrected chi connectivity index (χ0v) is 23.5. The highest BCUT2D eigenvalue weighted by atomic mass is 19.1. The second-order valence-electron chi connectivity index (χ2n) is 10.8. The minimum absolute atomic E-state index is 0.0763. The Morgan fingerprint density at radius 3 is 1.93 bits per heavy atom. The number of phenols is 2. The van der Waals surface area contributed by atoms with Crippen molar-refractivity contribution in [1.82, 2.24) is 14.9 Å². The molecular weight excluding hydrogens is 525 g/mol. The highest BCUT2D eigenvalue weighted by Gasteiger charge is 2.46. The first kappa shape index (κ1) is 29.9.